The van der Waals surface area contributed by atoms with Crippen LogP contribution in [0.3, 0.4) is 0 Å². The maximum absolute atomic E-state index is 12.4. The lowest BCUT2D eigenvalue weighted by molar-refractivity contribution is 0.0701. The molecule has 12 heteroatoms. The molecule has 3 heterocycles. The lowest BCUT2D eigenvalue weighted by Gasteiger charge is -2.24. The molecule has 0 spiro atoms. The number of fused-ring (bicyclic) bond motifs is 1. The van der Waals surface area contributed by atoms with Gasteiger partial charge in [-0.2, -0.15) is 5.26 Å². The van der Waals surface area contributed by atoms with Crippen molar-refractivity contribution in [2.75, 3.05) is 27.9 Å². The first-order chi connectivity index (χ1) is 19.9. The van der Waals surface area contributed by atoms with E-state index in [0.29, 0.717) is 39.6 Å². The van der Waals surface area contributed by atoms with E-state index in [2.05, 4.69) is 16.3 Å². The summed E-state index contributed by atoms with van der Waals surface area (Å²) in [5.74, 6) is 0.375. The third-order valence-electron chi connectivity index (χ3n) is 6.02. The first-order valence-electron chi connectivity index (χ1n) is 12.3. The van der Waals surface area contributed by atoms with Crippen LogP contribution in [0.1, 0.15) is 34.5 Å². The minimum Gasteiger partial charge on any atom is -0.493 e. The maximum atomic E-state index is 12.4. The fraction of sp³-hybridized carbons (Fsp3) is 0.207. The van der Waals surface area contributed by atoms with Gasteiger partial charge in [0.15, 0.2) is 11.5 Å². The van der Waals surface area contributed by atoms with E-state index in [0.717, 1.165) is 0 Å². The lowest BCUT2D eigenvalue weighted by Crippen LogP contribution is -2.21. The summed E-state index contributed by atoms with van der Waals surface area (Å²) in [7, 11) is 4.55. The highest BCUT2D eigenvalue weighted by Crippen LogP contribution is 2.48. The number of benzene rings is 2. The molecule has 0 saturated carbocycles. The number of aromatic nitrogens is 2. The molecule has 41 heavy (non-hydrogen) atoms. The number of aliphatic hydroxyl groups excluding tert-OH is 1. The minimum atomic E-state index is -0.696. The van der Waals surface area contributed by atoms with E-state index in [9.17, 15) is 10.1 Å². The number of esters is 1. The van der Waals surface area contributed by atoms with Gasteiger partial charge in [-0.15, -0.1) is 5.10 Å². The van der Waals surface area contributed by atoms with Gasteiger partial charge in [0.2, 0.25) is 23.3 Å². The number of methoxy groups -OCH3 is 3. The van der Waals surface area contributed by atoms with Crippen molar-refractivity contribution in [2.45, 2.75) is 12.8 Å². The van der Waals surface area contributed by atoms with Crippen LogP contribution in [-0.2, 0) is 0 Å². The number of aromatic amines is 1. The Balaban J connectivity index is 0.00000124. The number of hydrogen-bond donors (Lipinski definition) is 3. The molecular formula is C29H28N4O8. The summed E-state index contributed by atoms with van der Waals surface area (Å²) in [5, 5.41) is 24.9. The molecule has 1 atom stereocenters. The van der Waals surface area contributed by atoms with E-state index in [1.807, 2.05) is 0 Å². The van der Waals surface area contributed by atoms with Crippen LogP contribution >= 0.6 is 0 Å². The second kappa shape index (κ2) is 12.6. The molecular weight excluding hydrogens is 532 g/mol. The van der Waals surface area contributed by atoms with Gasteiger partial charge in [0.1, 0.15) is 17.4 Å². The summed E-state index contributed by atoms with van der Waals surface area (Å²) in [6.45, 7) is 1.93. The maximum Gasteiger partial charge on any atom is 0.379 e. The van der Waals surface area contributed by atoms with Crippen molar-refractivity contribution in [1.29, 1.82) is 5.26 Å². The third kappa shape index (κ3) is 5.66. The zero-order valence-corrected chi connectivity index (χ0v) is 22.8. The van der Waals surface area contributed by atoms with Crippen molar-refractivity contribution in [3.63, 3.8) is 0 Å². The molecule has 0 bridgehead atoms. The summed E-state index contributed by atoms with van der Waals surface area (Å²) in [6.07, 6.45) is 1.38. The van der Waals surface area contributed by atoms with Crippen molar-refractivity contribution >= 4 is 5.97 Å². The quantitative estimate of drug-likeness (QED) is 0.219. The van der Waals surface area contributed by atoms with Crippen molar-refractivity contribution in [2.24, 2.45) is 5.73 Å². The van der Waals surface area contributed by atoms with Gasteiger partial charge in [-0.3, -0.25) is 5.10 Å². The van der Waals surface area contributed by atoms with Crippen molar-refractivity contribution < 1.29 is 38.0 Å². The Hall–Kier alpha value is -5.41. The molecule has 4 N–H and O–H groups in total. The average molecular weight is 561 g/mol. The molecule has 4 aromatic rings. The minimum absolute atomic E-state index is 0.0603. The highest BCUT2D eigenvalue weighted by Gasteiger charge is 2.36. The molecule has 12 nitrogen and oxygen atoms in total. The van der Waals surface area contributed by atoms with Crippen LogP contribution in [0.25, 0.3) is 11.3 Å². The SMILES string of the molecule is CCO.COc1cc(-c2[nH]nc3c2C(c2cccc(OC(=O)c4ccco4)c2)C(C#N)=C(N)O3)cc(OC)c1OC. The number of nitrogens with one attached hydrogen (secondary N) is 1. The molecule has 0 radical (unpaired) electrons. The molecule has 2 aromatic carbocycles. The lowest BCUT2D eigenvalue weighted by atomic mass is 9.83. The fourth-order valence-electron chi connectivity index (χ4n) is 4.33. The van der Waals surface area contributed by atoms with E-state index in [4.69, 9.17) is 38.9 Å². The second-order valence-corrected chi connectivity index (χ2v) is 8.41. The van der Waals surface area contributed by atoms with Crippen LogP contribution in [0.4, 0.5) is 0 Å². The Morgan fingerprint density at radius 3 is 2.41 bits per heavy atom. The third-order valence-corrected chi connectivity index (χ3v) is 6.02. The second-order valence-electron chi connectivity index (χ2n) is 8.41. The van der Waals surface area contributed by atoms with Crippen LogP contribution < -0.4 is 29.4 Å². The molecule has 0 aliphatic carbocycles. The summed E-state index contributed by atoms with van der Waals surface area (Å²) in [4.78, 5) is 12.4. The number of nitrogens with two attached hydrogens (primary N) is 1. The molecule has 5 rings (SSSR count). The number of ether oxygens (including phenoxy) is 5. The van der Waals surface area contributed by atoms with E-state index in [1.165, 1.54) is 33.7 Å². The molecule has 0 fully saturated rings. The van der Waals surface area contributed by atoms with E-state index >= 15 is 0 Å². The molecule has 0 amide bonds. The predicted octanol–water partition coefficient (Wildman–Crippen LogP) is 4.13. The highest BCUT2D eigenvalue weighted by molar-refractivity contribution is 5.88. The van der Waals surface area contributed by atoms with Crippen LogP contribution in [0.15, 0.2) is 70.7 Å². The van der Waals surface area contributed by atoms with Crippen LogP contribution in [0, 0.1) is 11.3 Å². The monoisotopic (exact) mass is 560 g/mol. The normalized spacial score (nSPS) is 13.6. The Bertz CT molecular complexity index is 1580. The van der Waals surface area contributed by atoms with Crippen LogP contribution in [0.2, 0.25) is 0 Å². The molecule has 1 unspecified atom stereocenters. The van der Waals surface area contributed by atoms with E-state index in [1.54, 1.807) is 49.4 Å². The summed E-state index contributed by atoms with van der Waals surface area (Å²) >= 11 is 0. The number of allylic oxidation sites excluding steroid dienone is 1. The topological polar surface area (TPSA) is 175 Å². The van der Waals surface area contributed by atoms with Gasteiger partial charge >= 0.3 is 5.97 Å². The van der Waals surface area contributed by atoms with Gasteiger partial charge in [0.05, 0.1) is 44.8 Å². The number of carbonyl (C=O) groups is 1. The fourth-order valence-corrected chi connectivity index (χ4v) is 4.33. The smallest absolute Gasteiger partial charge is 0.379 e. The summed E-state index contributed by atoms with van der Waals surface area (Å²) in [5.41, 5.74) is 8.64. The first kappa shape index (κ1) is 28.6. The van der Waals surface area contributed by atoms with E-state index < -0.39 is 11.9 Å². The molecule has 1 aliphatic rings. The summed E-state index contributed by atoms with van der Waals surface area (Å²) in [6, 6.07) is 15.5. The Morgan fingerprint density at radius 1 is 1.12 bits per heavy atom. The van der Waals surface area contributed by atoms with Crippen LogP contribution in [0.5, 0.6) is 28.9 Å². The van der Waals surface area contributed by atoms with Gasteiger partial charge in [0, 0.05) is 12.2 Å². The van der Waals surface area contributed by atoms with Gasteiger partial charge in [-0.1, -0.05) is 12.1 Å². The largest absolute Gasteiger partial charge is 0.493 e. The first-order valence-corrected chi connectivity index (χ1v) is 12.3. The molecule has 0 saturated heterocycles. The number of hydrogen-bond acceptors (Lipinski definition) is 11. The van der Waals surface area contributed by atoms with E-state index in [-0.39, 0.29) is 35.5 Å². The van der Waals surface area contributed by atoms with Gasteiger partial charge in [-0.05, 0) is 48.9 Å². The van der Waals surface area contributed by atoms with Gasteiger partial charge in [0.25, 0.3) is 0 Å². The number of nitrogens with zero attached hydrogens (tertiary/aromatic N) is 2. The summed E-state index contributed by atoms with van der Waals surface area (Å²) < 4.78 is 32.8. The highest BCUT2D eigenvalue weighted by atomic mass is 16.5. The Kier molecular flexibility index (Phi) is 8.81. The number of furan rings is 1. The number of aliphatic hydroxyl groups is 1. The molecule has 1 aliphatic heterocycles. The zero-order valence-electron chi connectivity index (χ0n) is 22.8. The average Bonchev–Trinajstić information content (AvgIpc) is 3.67. The Labute approximate surface area is 235 Å². The van der Waals surface area contributed by atoms with Gasteiger partial charge in [-0.25, -0.2) is 4.79 Å². The molecule has 212 valence electrons. The number of rotatable bonds is 7. The van der Waals surface area contributed by atoms with Gasteiger partial charge < -0.3 is 38.9 Å². The van der Waals surface area contributed by atoms with Crippen molar-refractivity contribution in [3.8, 4) is 46.2 Å². The van der Waals surface area contributed by atoms with Crippen molar-refractivity contribution in [1.82, 2.24) is 10.2 Å². The standard InChI is InChI=1S/C27H22N4O7.C2H6O/c1-33-19-11-15(12-20(34-2)24(19)35-3)23-22-21(17(13-28)25(29)38-26(22)31-30-23)14-6-4-7-16(10-14)37-27(32)18-8-5-9-36-18;1-2-3/h4-12,21H,29H2,1-3H3,(H,30,31);3H,2H2,1H3. The van der Waals surface area contributed by atoms with Crippen LogP contribution in [-0.4, -0.2) is 49.2 Å². The van der Waals surface area contributed by atoms with Crippen molar-refractivity contribution in [3.05, 3.63) is 83.1 Å². The number of nitriles is 1. The predicted molar refractivity (Wildman–Crippen MR) is 146 cm³/mol. The number of H-pyrrole nitrogens is 1. The Morgan fingerprint density at radius 2 is 1.83 bits per heavy atom. The number of carbonyl (C=O) groups excluding carboxylic acids is 1. The zero-order chi connectivity index (χ0) is 29.5. The molecule has 2 aromatic heterocycles.